The largest absolute Gasteiger partial charge is 0.351 e. The summed E-state index contributed by atoms with van der Waals surface area (Å²) in [5.41, 5.74) is 10.1. The lowest BCUT2D eigenvalue weighted by molar-refractivity contribution is -0.120. The van der Waals surface area contributed by atoms with Crippen LogP contribution in [0.1, 0.15) is 19.8 Å². The van der Waals surface area contributed by atoms with Crippen LogP contribution < -0.4 is 16.8 Å². The number of hydrogen-bond acceptors (Lipinski definition) is 3. The van der Waals surface area contributed by atoms with E-state index in [1.165, 1.54) is 0 Å². The zero-order valence-electron chi connectivity index (χ0n) is 7.17. The molecule has 12 heavy (non-hydrogen) atoms. The van der Waals surface area contributed by atoms with Crippen molar-refractivity contribution in [3.05, 3.63) is 0 Å². The molecule has 0 bridgehead atoms. The van der Waals surface area contributed by atoms with Crippen LogP contribution in [0.15, 0.2) is 0 Å². The van der Waals surface area contributed by atoms with Crippen LogP contribution in [0.2, 0.25) is 0 Å². The van der Waals surface area contributed by atoms with Crippen LogP contribution >= 0.6 is 0 Å². The smallest absolute Gasteiger partial charge is 0.318 e. The molecule has 0 radical (unpaired) electrons. The Morgan fingerprint density at radius 2 is 2.08 bits per heavy atom. The van der Waals surface area contributed by atoms with E-state index in [4.69, 9.17) is 11.5 Å². The Kier molecular flexibility index (Phi) is 5.03. The average Bonchev–Trinajstić information content (AvgIpc) is 1.98. The minimum atomic E-state index is -0.813. The van der Waals surface area contributed by atoms with Gasteiger partial charge in [-0.1, -0.05) is 13.3 Å². The maximum Gasteiger partial charge on any atom is 0.318 e. The standard InChI is InChI=1S/C7H15N3O2/c1-2-5(4-8)3-6(11)10-7(9)12/h5H,2-4,8H2,1H3,(H3,9,10,11,12). The van der Waals surface area contributed by atoms with Gasteiger partial charge in [0.05, 0.1) is 0 Å². The molecule has 5 heteroatoms. The molecular weight excluding hydrogens is 158 g/mol. The van der Waals surface area contributed by atoms with E-state index < -0.39 is 6.03 Å². The van der Waals surface area contributed by atoms with Crippen molar-refractivity contribution in [1.29, 1.82) is 0 Å². The van der Waals surface area contributed by atoms with Gasteiger partial charge in [0.1, 0.15) is 0 Å². The van der Waals surface area contributed by atoms with E-state index >= 15 is 0 Å². The Bertz CT molecular complexity index is 166. The van der Waals surface area contributed by atoms with Gasteiger partial charge in [0.2, 0.25) is 5.91 Å². The van der Waals surface area contributed by atoms with Crippen molar-refractivity contribution >= 4 is 11.9 Å². The molecule has 0 spiro atoms. The van der Waals surface area contributed by atoms with Gasteiger partial charge in [-0.05, 0) is 12.5 Å². The second-order valence-corrected chi connectivity index (χ2v) is 2.63. The zero-order chi connectivity index (χ0) is 9.56. The Labute approximate surface area is 71.5 Å². The van der Waals surface area contributed by atoms with Gasteiger partial charge in [0.15, 0.2) is 0 Å². The first-order chi connectivity index (χ1) is 5.60. The topological polar surface area (TPSA) is 98.2 Å². The predicted molar refractivity (Wildman–Crippen MR) is 45.2 cm³/mol. The van der Waals surface area contributed by atoms with Crippen LogP contribution in [0, 0.1) is 5.92 Å². The SMILES string of the molecule is CCC(CN)CC(=O)NC(N)=O. The molecule has 0 aromatic rings. The van der Waals surface area contributed by atoms with Crippen molar-refractivity contribution in [3.8, 4) is 0 Å². The fraction of sp³-hybridized carbons (Fsp3) is 0.714. The molecule has 5 nitrogen and oxygen atoms in total. The summed E-state index contributed by atoms with van der Waals surface area (Å²) >= 11 is 0. The highest BCUT2D eigenvalue weighted by Gasteiger charge is 2.11. The molecule has 0 fully saturated rings. The molecule has 0 saturated heterocycles. The van der Waals surface area contributed by atoms with Crippen LogP contribution in [-0.4, -0.2) is 18.5 Å². The number of hydrogen-bond donors (Lipinski definition) is 3. The quantitative estimate of drug-likeness (QED) is 0.537. The van der Waals surface area contributed by atoms with E-state index in [0.29, 0.717) is 6.54 Å². The molecule has 0 aliphatic rings. The zero-order valence-corrected chi connectivity index (χ0v) is 7.17. The lowest BCUT2D eigenvalue weighted by Gasteiger charge is -2.09. The minimum absolute atomic E-state index is 0.129. The van der Waals surface area contributed by atoms with E-state index in [9.17, 15) is 9.59 Å². The van der Waals surface area contributed by atoms with Gasteiger partial charge in [-0.25, -0.2) is 4.79 Å². The first-order valence-electron chi connectivity index (χ1n) is 3.89. The third kappa shape index (κ3) is 4.68. The number of carbonyl (C=O) groups is 2. The number of imide groups is 1. The predicted octanol–water partition coefficient (Wildman–Crippen LogP) is -0.444. The molecule has 5 N–H and O–H groups in total. The first-order valence-corrected chi connectivity index (χ1v) is 3.89. The molecule has 0 aliphatic carbocycles. The molecular formula is C7H15N3O2. The van der Waals surface area contributed by atoms with Crippen molar-refractivity contribution in [2.45, 2.75) is 19.8 Å². The van der Waals surface area contributed by atoms with Crippen LogP contribution in [-0.2, 0) is 4.79 Å². The summed E-state index contributed by atoms with van der Waals surface area (Å²) in [4.78, 5) is 21.1. The highest BCUT2D eigenvalue weighted by atomic mass is 16.2. The summed E-state index contributed by atoms with van der Waals surface area (Å²) in [5, 5.41) is 1.99. The maximum atomic E-state index is 10.9. The van der Waals surface area contributed by atoms with Crippen LogP contribution in [0.4, 0.5) is 4.79 Å². The molecule has 3 amide bonds. The van der Waals surface area contributed by atoms with Gasteiger partial charge in [-0.15, -0.1) is 0 Å². The summed E-state index contributed by atoms with van der Waals surface area (Å²) in [5.74, 6) is -0.232. The highest BCUT2D eigenvalue weighted by Crippen LogP contribution is 2.04. The van der Waals surface area contributed by atoms with Crippen molar-refractivity contribution in [1.82, 2.24) is 5.32 Å². The van der Waals surface area contributed by atoms with Crippen LogP contribution in [0.25, 0.3) is 0 Å². The van der Waals surface area contributed by atoms with Gasteiger partial charge < -0.3 is 11.5 Å². The van der Waals surface area contributed by atoms with Crippen LogP contribution in [0.3, 0.4) is 0 Å². The van der Waals surface area contributed by atoms with Crippen molar-refractivity contribution < 1.29 is 9.59 Å². The Hall–Kier alpha value is -1.10. The number of rotatable bonds is 4. The molecule has 0 aromatic carbocycles. The van der Waals surface area contributed by atoms with E-state index in [2.05, 4.69) is 0 Å². The lowest BCUT2D eigenvalue weighted by Crippen LogP contribution is -2.36. The van der Waals surface area contributed by atoms with Crippen molar-refractivity contribution in [2.24, 2.45) is 17.4 Å². The molecule has 0 heterocycles. The number of nitrogens with two attached hydrogens (primary N) is 2. The van der Waals surface area contributed by atoms with Crippen molar-refractivity contribution in [3.63, 3.8) is 0 Å². The Morgan fingerprint density at radius 1 is 1.50 bits per heavy atom. The number of urea groups is 1. The van der Waals surface area contributed by atoms with E-state index in [1.54, 1.807) is 0 Å². The summed E-state index contributed by atoms with van der Waals surface area (Å²) in [6.45, 7) is 2.39. The number of primary amides is 1. The summed E-state index contributed by atoms with van der Waals surface area (Å²) in [6, 6.07) is -0.813. The third-order valence-electron chi connectivity index (χ3n) is 1.65. The molecule has 70 valence electrons. The van der Waals surface area contributed by atoms with Crippen LogP contribution in [0.5, 0.6) is 0 Å². The molecule has 1 unspecified atom stereocenters. The number of carbonyl (C=O) groups excluding carboxylic acids is 2. The van der Waals surface area contributed by atoms with E-state index in [-0.39, 0.29) is 18.2 Å². The van der Waals surface area contributed by atoms with E-state index in [1.807, 2.05) is 12.2 Å². The second-order valence-electron chi connectivity index (χ2n) is 2.63. The van der Waals surface area contributed by atoms with Gasteiger partial charge in [-0.3, -0.25) is 10.1 Å². The third-order valence-corrected chi connectivity index (χ3v) is 1.65. The second kappa shape index (κ2) is 5.54. The fourth-order valence-corrected chi connectivity index (χ4v) is 0.845. The highest BCUT2D eigenvalue weighted by molar-refractivity contribution is 5.93. The number of nitrogens with one attached hydrogen (secondary N) is 1. The monoisotopic (exact) mass is 173 g/mol. The maximum absolute atomic E-state index is 10.9. The van der Waals surface area contributed by atoms with Crippen molar-refractivity contribution in [2.75, 3.05) is 6.54 Å². The van der Waals surface area contributed by atoms with Gasteiger partial charge in [0, 0.05) is 6.42 Å². The molecule has 0 aliphatic heterocycles. The Morgan fingerprint density at radius 3 is 2.42 bits per heavy atom. The summed E-state index contributed by atoms with van der Waals surface area (Å²) in [7, 11) is 0. The Balaban J connectivity index is 3.74. The lowest BCUT2D eigenvalue weighted by atomic mass is 10.0. The first kappa shape index (κ1) is 10.9. The fourth-order valence-electron chi connectivity index (χ4n) is 0.845. The molecule has 1 atom stereocenters. The molecule has 0 aromatic heterocycles. The molecule has 0 rings (SSSR count). The average molecular weight is 173 g/mol. The molecule has 0 saturated carbocycles. The van der Waals surface area contributed by atoms with Gasteiger partial charge in [0.25, 0.3) is 0 Å². The van der Waals surface area contributed by atoms with Gasteiger partial charge in [-0.2, -0.15) is 0 Å². The minimum Gasteiger partial charge on any atom is -0.351 e. The summed E-state index contributed by atoms with van der Waals surface area (Å²) < 4.78 is 0. The normalized spacial score (nSPS) is 12.2. The van der Waals surface area contributed by atoms with E-state index in [0.717, 1.165) is 6.42 Å². The number of amides is 3. The van der Waals surface area contributed by atoms with Gasteiger partial charge >= 0.3 is 6.03 Å². The summed E-state index contributed by atoms with van der Waals surface area (Å²) in [6.07, 6.45) is 1.08.